The summed E-state index contributed by atoms with van der Waals surface area (Å²) in [5, 5.41) is 4.53. The normalized spacial score (nSPS) is 11.1. The molecule has 0 bridgehead atoms. The van der Waals surface area contributed by atoms with Gasteiger partial charge in [-0.3, -0.25) is 0 Å². The molecule has 0 spiro atoms. The number of hydrogen-bond donors (Lipinski definition) is 0. The third kappa shape index (κ3) is 5.39. The highest BCUT2D eigenvalue weighted by Gasteiger charge is 2.09. The van der Waals surface area contributed by atoms with E-state index in [1.165, 1.54) is 25.9 Å². The Kier molecular flexibility index (Phi) is 7.14. The molecular formula is C19H29N3O. The molecule has 0 fully saturated rings. The van der Waals surface area contributed by atoms with Crippen LogP contribution in [0, 0.1) is 6.92 Å². The van der Waals surface area contributed by atoms with E-state index in [1.807, 2.05) is 48.0 Å². The van der Waals surface area contributed by atoms with Gasteiger partial charge in [0.05, 0.1) is 18.0 Å². The maximum absolute atomic E-state index is 5.99. The summed E-state index contributed by atoms with van der Waals surface area (Å²) in [4.78, 5) is 2.52. The minimum Gasteiger partial charge on any atom is -0.478 e. The van der Waals surface area contributed by atoms with Crippen LogP contribution >= 0.6 is 0 Å². The Balaban J connectivity index is 1.89. The fourth-order valence-corrected chi connectivity index (χ4v) is 2.77. The Hall–Kier alpha value is -1.81. The quantitative estimate of drug-likeness (QED) is 0.619. The number of ether oxygens (including phenoxy) is 1. The van der Waals surface area contributed by atoms with Gasteiger partial charge in [0.15, 0.2) is 0 Å². The van der Waals surface area contributed by atoms with Crippen molar-refractivity contribution in [3.63, 3.8) is 0 Å². The average Bonchev–Trinajstić information content (AvgIpc) is 2.93. The molecule has 2 rings (SSSR count). The SMILES string of the molecule is CCCN(CCC)CCCOc1cc(C)nn1-c1ccccc1. The summed E-state index contributed by atoms with van der Waals surface area (Å²) < 4.78 is 7.87. The van der Waals surface area contributed by atoms with E-state index < -0.39 is 0 Å². The maximum Gasteiger partial charge on any atom is 0.216 e. The average molecular weight is 315 g/mol. The lowest BCUT2D eigenvalue weighted by molar-refractivity contribution is 0.228. The molecule has 1 aromatic heterocycles. The van der Waals surface area contributed by atoms with Gasteiger partial charge in [0.1, 0.15) is 0 Å². The highest BCUT2D eigenvalue weighted by molar-refractivity contribution is 5.35. The number of benzene rings is 1. The van der Waals surface area contributed by atoms with Crippen molar-refractivity contribution in [2.45, 2.75) is 40.0 Å². The van der Waals surface area contributed by atoms with Crippen LogP contribution in [-0.2, 0) is 0 Å². The van der Waals surface area contributed by atoms with Crippen molar-refractivity contribution in [2.24, 2.45) is 0 Å². The second kappa shape index (κ2) is 9.36. The summed E-state index contributed by atoms with van der Waals surface area (Å²) >= 11 is 0. The predicted molar refractivity (Wildman–Crippen MR) is 95.4 cm³/mol. The maximum atomic E-state index is 5.99. The van der Waals surface area contributed by atoms with Crippen LogP contribution in [0.2, 0.25) is 0 Å². The van der Waals surface area contributed by atoms with Gasteiger partial charge < -0.3 is 9.64 Å². The summed E-state index contributed by atoms with van der Waals surface area (Å²) in [6.07, 6.45) is 3.46. The van der Waals surface area contributed by atoms with Gasteiger partial charge in [0, 0.05) is 12.6 Å². The molecule has 1 heterocycles. The highest BCUT2D eigenvalue weighted by atomic mass is 16.5. The first kappa shape index (κ1) is 17.5. The molecule has 0 unspecified atom stereocenters. The number of nitrogens with zero attached hydrogens (tertiary/aromatic N) is 3. The molecule has 4 heteroatoms. The van der Waals surface area contributed by atoms with Crippen LogP contribution < -0.4 is 4.74 Å². The zero-order chi connectivity index (χ0) is 16.5. The fraction of sp³-hybridized carbons (Fsp3) is 0.526. The van der Waals surface area contributed by atoms with Crippen molar-refractivity contribution in [1.29, 1.82) is 0 Å². The van der Waals surface area contributed by atoms with Crippen molar-refractivity contribution < 1.29 is 4.74 Å². The van der Waals surface area contributed by atoms with Crippen molar-refractivity contribution in [3.05, 3.63) is 42.1 Å². The van der Waals surface area contributed by atoms with Crippen LogP contribution in [0.15, 0.2) is 36.4 Å². The fourth-order valence-electron chi connectivity index (χ4n) is 2.77. The summed E-state index contributed by atoms with van der Waals surface area (Å²) in [5.74, 6) is 0.825. The lowest BCUT2D eigenvalue weighted by atomic mass is 10.3. The third-order valence-corrected chi connectivity index (χ3v) is 3.75. The number of hydrogen-bond acceptors (Lipinski definition) is 3. The topological polar surface area (TPSA) is 30.3 Å². The van der Waals surface area contributed by atoms with E-state index in [4.69, 9.17) is 4.74 Å². The molecule has 2 aromatic rings. The molecule has 0 atom stereocenters. The van der Waals surface area contributed by atoms with E-state index >= 15 is 0 Å². The second-order valence-corrected chi connectivity index (χ2v) is 5.91. The number of aryl methyl sites for hydroxylation is 1. The Bertz CT molecular complexity index is 559. The van der Waals surface area contributed by atoms with Gasteiger partial charge >= 0.3 is 0 Å². The molecule has 0 aliphatic carbocycles. The van der Waals surface area contributed by atoms with Crippen LogP contribution in [0.3, 0.4) is 0 Å². The van der Waals surface area contributed by atoms with E-state index in [2.05, 4.69) is 23.8 Å². The van der Waals surface area contributed by atoms with Crippen molar-refractivity contribution in [1.82, 2.24) is 14.7 Å². The lowest BCUT2D eigenvalue weighted by Crippen LogP contribution is -2.27. The monoisotopic (exact) mass is 315 g/mol. The number of para-hydroxylation sites is 1. The molecular weight excluding hydrogens is 286 g/mol. The zero-order valence-electron chi connectivity index (χ0n) is 14.7. The van der Waals surface area contributed by atoms with E-state index in [1.54, 1.807) is 0 Å². The van der Waals surface area contributed by atoms with E-state index in [9.17, 15) is 0 Å². The molecule has 0 radical (unpaired) electrons. The number of rotatable bonds is 10. The van der Waals surface area contributed by atoms with Crippen LogP contribution in [0.4, 0.5) is 0 Å². The predicted octanol–water partition coefficient (Wildman–Crippen LogP) is 4.07. The van der Waals surface area contributed by atoms with Gasteiger partial charge in [-0.15, -0.1) is 0 Å². The van der Waals surface area contributed by atoms with Crippen molar-refractivity contribution in [2.75, 3.05) is 26.2 Å². The molecule has 126 valence electrons. The van der Waals surface area contributed by atoms with Gasteiger partial charge in [0.2, 0.25) is 5.88 Å². The Morgan fingerprint density at radius 1 is 1.04 bits per heavy atom. The zero-order valence-corrected chi connectivity index (χ0v) is 14.7. The smallest absolute Gasteiger partial charge is 0.216 e. The van der Waals surface area contributed by atoms with Crippen LogP contribution in [0.5, 0.6) is 5.88 Å². The first-order chi connectivity index (χ1) is 11.2. The molecule has 0 saturated heterocycles. The van der Waals surface area contributed by atoms with Crippen LogP contribution in [0.25, 0.3) is 5.69 Å². The van der Waals surface area contributed by atoms with Gasteiger partial charge in [-0.2, -0.15) is 5.10 Å². The molecule has 0 aliphatic heterocycles. The van der Waals surface area contributed by atoms with Gasteiger partial charge in [-0.1, -0.05) is 32.0 Å². The van der Waals surface area contributed by atoms with E-state index in [0.717, 1.165) is 36.8 Å². The number of aromatic nitrogens is 2. The van der Waals surface area contributed by atoms with Crippen LogP contribution in [0.1, 0.15) is 38.8 Å². The standard InChI is InChI=1S/C19H29N3O/c1-4-12-21(13-5-2)14-9-15-23-19-16-17(3)20-22(19)18-10-7-6-8-11-18/h6-8,10-11,16H,4-5,9,12-15H2,1-3H3. The first-order valence-electron chi connectivity index (χ1n) is 8.71. The van der Waals surface area contributed by atoms with Crippen LogP contribution in [-0.4, -0.2) is 40.9 Å². The molecule has 0 aliphatic rings. The first-order valence-corrected chi connectivity index (χ1v) is 8.71. The van der Waals surface area contributed by atoms with Crippen molar-refractivity contribution in [3.8, 4) is 11.6 Å². The second-order valence-electron chi connectivity index (χ2n) is 5.91. The largest absolute Gasteiger partial charge is 0.478 e. The van der Waals surface area contributed by atoms with E-state index in [0.29, 0.717) is 0 Å². The molecule has 0 N–H and O–H groups in total. The van der Waals surface area contributed by atoms with Gasteiger partial charge in [-0.05, 0) is 51.4 Å². The molecule has 0 saturated carbocycles. The molecule has 23 heavy (non-hydrogen) atoms. The van der Waals surface area contributed by atoms with Gasteiger partial charge in [-0.25, -0.2) is 4.68 Å². The summed E-state index contributed by atoms with van der Waals surface area (Å²) in [6.45, 7) is 10.6. The third-order valence-electron chi connectivity index (χ3n) is 3.75. The highest BCUT2D eigenvalue weighted by Crippen LogP contribution is 2.19. The summed E-state index contributed by atoms with van der Waals surface area (Å²) in [7, 11) is 0. The Morgan fingerprint density at radius 3 is 2.39 bits per heavy atom. The summed E-state index contributed by atoms with van der Waals surface area (Å²) in [5.41, 5.74) is 2.01. The Morgan fingerprint density at radius 2 is 1.74 bits per heavy atom. The minimum atomic E-state index is 0.724. The van der Waals surface area contributed by atoms with E-state index in [-0.39, 0.29) is 0 Å². The minimum absolute atomic E-state index is 0.724. The Labute approximate surface area is 140 Å². The molecule has 1 aromatic carbocycles. The van der Waals surface area contributed by atoms with Crippen molar-refractivity contribution >= 4 is 0 Å². The summed E-state index contributed by atoms with van der Waals surface area (Å²) in [6, 6.07) is 12.1. The van der Waals surface area contributed by atoms with Gasteiger partial charge in [0.25, 0.3) is 0 Å². The molecule has 0 amide bonds. The molecule has 4 nitrogen and oxygen atoms in total. The lowest BCUT2D eigenvalue weighted by Gasteiger charge is -2.20.